The van der Waals surface area contributed by atoms with Crippen molar-refractivity contribution >= 4 is 11.9 Å². The average Bonchev–Trinajstić information content (AvgIpc) is 1.99. The van der Waals surface area contributed by atoms with Crippen LogP contribution in [-0.4, -0.2) is 37.2 Å². The number of β-lactam (4-membered cyclic amide) rings is 1. The molecular formula is C6H9NO4. The fourth-order valence-electron chi connectivity index (χ4n) is 0.944. The van der Waals surface area contributed by atoms with Gasteiger partial charge < -0.3 is 4.74 Å². The van der Waals surface area contributed by atoms with Gasteiger partial charge in [-0.05, 0) is 0 Å². The van der Waals surface area contributed by atoms with Crippen LogP contribution in [0.1, 0.15) is 6.42 Å². The van der Waals surface area contributed by atoms with E-state index >= 15 is 0 Å². The number of carbonyl (C=O) groups is 2. The molecule has 1 heterocycles. The van der Waals surface area contributed by atoms with Crippen molar-refractivity contribution < 1.29 is 19.2 Å². The lowest BCUT2D eigenvalue weighted by molar-refractivity contribution is -0.221. The number of carbonyl (C=O) groups excluding carboxylic acids is 2. The van der Waals surface area contributed by atoms with Crippen LogP contribution in [0, 0.1) is 0 Å². The lowest BCUT2D eigenvalue weighted by Crippen LogP contribution is -2.56. The maximum atomic E-state index is 10.8. The largest absolute Gasteiger partial charge is 0.467 e. The number of hydrogen-bond acceptors (Lipinski definition) is 4. The average molecular weight is 159 g/mol. The van der Waals surface area contributed by atoms with E-state index in [4.69, 9.17) is 0 Å². The molecule has 1 amide bonds. The summed E-state index contributed by atoms with van der Waals surface area (Å²) in [5.74, 6) is -0.630. The molecule has 0 aromatic heterocycles. The zero-order valence-electron chi connectivity index (χ0n) is 6.36. The molecule has 5 heteroatoms. The number of nitrogens with zero attached hydrogens (tertiary/aromatic N) is 1. The van der Waals surface area contributed by atoms with Gasteiger partial charge in [-0.1, -0.05) is 0 Å². The normalized spacial score (nSPS) is 22.9. The molecule has 0 aliphatic carbocycles. The van der Waals surface area contributed by atoms with Gasteiger partial charge in [0.05, 0.1) is 20.6 Å². The Bertz CT molecular complexity index is 191. The smallest absolute Gasteiger partial charge is 0.331 e. The molecule has 1 aliphatic heterocycles. The highest BCUT2D eigenvalue weighted by atomic mass is 16.7. The summed E-state index contributed by atoms with van der Waals surface area (Å²) in [6, 6.07) is -0.544. The van der Waals surface area contributed by atoms with Crippen molar-refractivity contribution in [3.05, 3.63) is 0 Å². The summed E-state index contributed by atoms with van der Waals surface area (Å²) in [6.45, 7) is 0. The summed E-state index contributed by atoms with van der Waals surface area (Å²) in [6.07, 6.45) is 0.181. The minimum Gasteiger partial charge on any atom is -0.467 e. The second kappa shape index (κ2) is 2.87. The molecule has 0 bridgehead atoms. The second-order valence-corrected chi connectivity index (χ2v) is 2.15. The van der Waals surface area contributed by atoms with Crippen LogP contribution in [0.4, 0.5) is 0 Å². The summed E-state index contributed by atoms with van der Waals surface area (Å²) >= 11 is 0. The van der Waals surface area contributed by atoms with E-state index in [1.165, 1.54) is 14.2 Å². The monoisotopic (exact) mass is 159 g/mol. The number of esters is 1. The number of rotatable bonds is 2. The molecule has 0 radical (unpaired) electrons. The Morgan fingerprint density at radius 2 is 2.27 bits per heavy atom. The van der Waals surface area contributed by atoms with Gasteiger partial charge in [0.1, 0.15) is 0 Å². The number of methoxy groups -OCH3 is 1. The van der Waals surface area contributed by atoms with Gasteiger partial charge in [-0.3, -0.25) is 9.63 Å². The Morgan fingerprint density at radius 3 is 2.64 bits per heavy atom. The van der Waals surface area contributed by atoms with E-state index in [0.29, 0.717) is 0 Å². The maximum Gasteiger partial charge on any atom is 0.331 e. The van der Waals surface area contributed by atoms with Gasteiger partial charge in [0.15, 0.2) is 6.04 Å². The zero-order chi connectivity index (χ0) is 8.43. The van der Waals surface area contributed by atoms with Crippen LogP contribution in [0.2, 0.25) is 0 Å². The van der Waals surface area contributed by atoms with E-state index in [-0.39, 0.29) is 12.3 Å². The van der Waals surface area contributed by atoms with Crippen molar-refractivity contribution in [2.24, 2.45) is 0 Å². The van der Waals surface area contributed by atoms with Crippen molar-refractivity contribution in [1.29, 1.82) is 0 Å². The predicted molar refractivity (Wildman–Crippen MR) is 34.3 cm³/mol. The fourth-order valence-corrected chi connectivity index (χ4v) is 0.944. The summed E-state index contributed by atoms with van der Waals surface area (Å²) in [7, 11) is 2.62. The van der Waals surface area contributed by atoms with Crippen LogP contribution in [0.3, 0.4) is 0 Å². The highest BCUT2D eigenvalue weighted by molar-refractivity contribution is 5.94. The van der Waals surface area contributed by atoms with Crippen molar-refractivity contribution in [1.82, 2.24) is 5.06 Å². The Kier molecular flexibility index (Phi) is 2.09. The van der Waals surface area contributed by atoms with E-state index < -0.39 is 12.0 Å². The molecule has 1 fully saturated rings. The third kappa shape index (κ3) is 1.19. The van der Waals surface area contributed by atoms with E-state index in [1.807, 2.05) is 0 Å². The lowest BCUT2D eigenvalue weighted by Gasteiger charge is -2.35. The van der Waals surface area contributed by atoms with Crippen LogP contribution < -0.4 is 0 Å². The number of hydroxylamine groups is 2. The molecule has 0 N–H and O–H groups in total. The van der Waals surface area contributed by atoms with E-state index in [1.54, 1.807) is 0 Å². The van der Waals surface area contributed by atoms with Gasteiger partial charge in [0.25, 0.3) is 0 Å². The Morgan fingerprint density at radius 1 is 1.64 bits per heavy atom. The lowest BCUT2D eigenvalue weighted by atomic mass is 10.1. The summed E-state index contributed by atoms with van der Waals surface area (Å²) in [5, 5.41) is 1.01. The summed E-state index contributed by atoms with van der Waals surface area (Å²) in [5.41, 5.74) is 0. The molecule has 0 spiro atoms. The Balaban J connectivity index is 2.51. The van der Waals surface area contributed by atoms with Crippen molar-refractivity contribution in [2.45, 2.75) is 12.5 Å². The molecule has 11 heavy (non-hydrogen) atoms. The second-order valence-electron chi connectivity index (χ2n) is 2.15. The number of hydrogen-bond donors (Lipinski definition) is 0. The summed E-state index contributed by atoms with van der Waals surface area (Å²) in [4.78, 5) is 26.1. The highest BCUT2D eigenvalue weighted by Crippen LogP contribution is 2.19. The number of ether oxygens (including phenoxy) is 1. The first-order valence-corrected chi connectivity index (χ1v) is 3.14. The molecule has 0 unspecified atom stereocenters. The van der Waals surface area contributed by atoms with E-state index in [0.717, 1.165) is 5.06 Å². The summed E-state index contributed by atoms with van der Waals surface area (Å²) < 4.78 is 4.42. The van der Waals surface area contributed by atoms with Crippen LogP contribution in [-0.2, 0) is 19.2 Å². The quantitative estimate of drug-likeness (QED) is 0.395. The fraction of sp³-hybridized carbons (Fsp3) is 0.667. The molecule has 1 aliphatic rings. The van der Waals surface area contributed by atoms with Gasteiger partial charge >= 0.3 is 5.97 Å². The molecule has 0 saturated carbocycles. The van der Waals surface area contributed by atoms with Crippen molar-refractivity contribution in [3.63, 3.8) is 0 Å². The molecule has 5 nitrogen and oxygen atoms in total. The van der Waals surface area contributed by atoms with Gasteiger partial charge in [-0.2, -0.15) is 0 Å². The van der Waals surface area contributed by atoms with Crippen LogP contribution in [0.25, 0.3) is 0 Å². The van der Waals surface area contributed by atoms with Gasteiger partial charge in [-0.15, -0.1) is 0 Å². The first kappa shape index (κ1) is 8.00. The zero-order valence-corrected chi connectivity index (χ0v) is 6.36. The minimum absolute atomic E-state index is 0.181. The van der Waals surface area contributed by atoms with Gasteiger partial charge in [0.2, 0.25) is 5.91 Å². The van der Waals surface area contributed by atoms with Crippen molar-refractivity contribution in [3.8, 4) is 0 Å². The topological polar surface area (TPSA) is 55.8 Å². The number of amides is 1. The standard InChI is InChI=1S/C6H9NO4/c1-10-6(9)4-3-5(8)7(4)11-2/h4H,3H2,1-2H3/t4-/m1/s1. The maximum absolute atomic E-state index is 10.8. The van der Waals surface area contributed by atoms with Crippen LogP contribution in [0.5, 0.6) is 0 Å². The third-order valence-electron chi connectivity index (χ3n) is 1.57. The molecule has 0 aromatic rings. The minimum atomic E-state index is -0.544. The molecule has 1 rings (SSSR count). The highest BCUT2D eigenvalue weighted by Gasteiger charge is 2.42. The van der Waals surface area contributed by atoms with Crippen LogP contribution >= 0.6 is 0 Å². The van der Waals surface area contributed by atoms with E-state index in [9.17, 15) is 9.59 Å². The Hall–Kier alpha value is -1.10. The van der Waals surface area contributed by atoms with Gasteiger partial charge in [-0.25, -0.2) is 9.86 Å². The first-order valence-electron chi connectivity index (χ1n) is 3.14. The Labute approximate surface area is 63.8 Å². The molecular weight excluding hydrogens is 150 g/mol. The SMILES string of the molecule is COC(=O)[C@H]1CC(=O)N1OC. The third-order valence-corrected chi connectivity index (χ3v) is 1.57. The molecule has 0 aromatic carbocycles. The van der Waals surface area contributed by atoms with Crippen molar-refractivity contribution in [2.75, 3.05) is 14.2 Å². The molecule has 1 saturated heterocycles. The van der Waals surface area contributed by atoms with Crippen LogP contribution in [0.15, 0.2) is 0 Å². The predicted octanol–water partition coefficient (Wildman–Crippen LogP) is -0.678. The first-order chi connectivity index (χ1) is 5.20. The van der Waals surface area contributed by atoms with E-state index in [2.05, 4.69) is 9.57 Å². The molecule has 62 valence electrons. The molecule has 1 atom stereocenters. The van der Waals surface area contributed by atoms with Gasteiger partial charge in [0, 0.05) is 0 Å².